The molecule has 0 aliphatic carbocycles. The van der Waals surface area contributed by atoms with Crippen LogP contribution in [0, 0.1) is 0 Å². The molecule has 3 aromatic rings. The molecule has 2 aromatic carbocycles. The third-order valence-corrected chi connectivity index (χ3v) is 4.43. The summed E-state index contributed by atoms with van der Waals surface area (Å²) < 4.78 is 6.39. The molecule has 0 saturated heterocycles. The average Bonchev–Trinajstić information content (AvgIpc) is 3.06. The van der Waals surface area contributed by atoms with Crippen LogP contribution in [0.1, 0.15) is 28.5 Å². The Balaban J connectivity index is 1.73. The van der Waals surface area contributed by atoms with Gasteiger partial charge in [-0.15, -0.1) is 5.10 Å². The van der Waals surface area contributed by atoms with E-state index in [1.807, 2.05) is 18.2 Å². The van der Waals surface area contributed by atoms with E-state index in [0.717, 1.165) is 5.69 Å². The summed E-state index contributed by atoms with van der Waals surface area (Å²) in [6.07, 6.45) is 0.183. The second kappa shape index (κ2) is 7.59. The van der Waals surface area contributed by atoms with E-state index in [0.29, 0.717) is 34.3 Å². The molecular formula is C21H19N5O3. The predicted octanol–water partition coefficient (Wildman–Crippen LogP) is 4.02. The van der Waals surface area contributed by atoms with Crippen molar-refractivity contribution in [2.24, 2.45) is 4.99 Å². The number of rotatable bonds is 5. The number of amides is 1. The largest absolute Gasteiger partial charge is 0.497 e. The second-order valence-electron chi connectivity index (χ2n) is 6.55. The van der Waals surface area contributed by atoms with Crippen LogP contribution in [0.15, 0.2) is 59.6 Å². The first-order chi connectivity index (χ1) is 14.0. The maximum atomic E-state index is 12.7. The molecule has 0 saturated carbocycles. The van der Waals surface area contributed by atoms with Crippen LogP contribution in [0.3, 0.4) is 0 Å². The summed E-state index contributed by atoms with van der Waals surface area (Å²) in [7, 11) is 1.59. The third-order valence-electron chi connectivity index (χ3n) is 4.43. The van der Waals surface area contributed by atoms with Crippen LogP contribution in [0.25, 0.3) is 0 Å². The Kier molecular flexibility index (Phi) is 4.82. The molecule has 0 spiro atoms. The number of ether oxygens (including phenoxy) is 1. The van der Waals surface area contributed by atoms with Crippen molar-refractivity contribution < 1.29 is 14.3 Å². The van der Waals surface area contributed by atoms with Gasteiger partial charge in [0.05, 0.1) is 13.5 Å². The fourth-order valence-electron chi connectivity index (χ4n) is 2.99. The van der Waals surface area contributed by atoms with Crippen molar-refractivity contribution in [3.8, 4) is 5.75 Å². The van der Waals surface area contributed by atoms with Gasteiger partial charge in [0, 0.05) is 17.0 Å². The molecule has 8 nitrogen and oxygen atoms in total. The van der Waals surface area contributed by atoms with E-state index >= 15 is 0 Å². The zero-order valence-corrected chi connectivity index (χ0v) is 16.0. The van der Waals surface area contributed by atoms with Crippen LogP contribution in [-0.4, -0.2) is 34.4 Å². The van der Waals surface area contributed by atoms with Gasteiger partial charge in [-0.25, -0.2) is 4.99 Å². The van der Waals surface area contributed by atoms with Gasteiger partial charge in [-0.3, -0.25) is 9.59 Å². The molecule has 8 heteroatoms. The quantitative estimate of drug-likeness (QED) is 0.687. The summed E-state index contributed by atoms with van der Waals surface area (Å²) in [6, 6.07) is 16.1. The van der Waals surface area contributed by atoms with Crippen LogP contribution in [0.2, 0.25) is 0 Å². The van der Waals surface area contributed by atoms with Gasteiger partial charge >= 0.3 is 0 Å². The monoisotopic (exact) mass is 389 g/mol. The molecule has 146 valence electrons. The zero-order chi connectivity index (χ0) is 20.4. The topological polar surface area (TPSA) is 97.6 Å². The van der Waals surface area contributed by atoms with Crippen molar-refractivity contribution in [1.82, 2.24) is 9.78 Å². The predicted molar refractivity (Wildman–Crippen MR) is 111 cm³/mol. The fourth-order valence-corrected chi connectivity index (χ4v) is 2.99. The van der Waals surface area contributed by atoms with Crippen molar-refractivity contribution >= 4 is 40.5 Å². The number of hydrogen-bond donors (Lipinski definition) is 2. The van der Waals surface area contributed by atoms with E-state index in [1.54, 1.807) is 50.4 Å². The number of anilines is 3. The molecule has 0 fully saturated rings. The molecule has 2 heterocycles. The highest BCUT2D eigenvalue weighted by molar-refractivity contribution is 6.11. The van der Waals surface area contributed by atoms with Gasteiger partial charge in [0.1, 0.15) is 11.4 Å². The SMILES string of the molecule is COc1ccc(Nc2nn3c(c2NC(=O)c2ccccc2)N=C(C)CC3=O)cc1. The Morgan fingerprint density at radius 1 is 1.10 bits per heavy atom. The summed E-state index contributed by atoms with van der Waals surface area (Å²) in [5.41, 5.74) is 2.23. The van der Waals surface area contributed by atoms with Gasteiger partial charge in [-0.2, -0.15) is 4.68 Å². The standard InChI is InChI=1S/C21H19N5O3/c1-13-12-17(27)26-20(22-13)18(24-21(28)14-6-4-3-5-7-14)19(25-26)23-15-8-10-16(29-2)11-9-15/h3-11H,12H2,1-2H3,(H,23,25)(H,24,28). The van der Waals surface area contributed by atoms with E-state index in [4.69, 9.17) is 4.74 Å². The number of hydrogen-bond acceptors (Lipinski definition) is 6. The lowest BCUT2D eigenvalue weighted by Crippen LogP contribution is -2.19. The molecule has 0 atom stereocenters. The van der Waals surface area contributed by atoms with E-state index in [-0.39, 0.29) is 18.2 Å². The molecule has 0 radical (unpaired) electrons. The minimum atomic E-state index is -0.315. The molecule has 0 bridgehead atoms. The van der Waals surface area contributed by atoms with Crippen molar-refractivity contribution in [2.45, 2.75) is 13.3 Å². The normalized spacial score (nSPS) is 12.8. The first kappa shape index (κ1) is 18.4. The van der Waals surface area contributed by atoms with Gasteiger partial charge in [-0.1, -0.05) is 18.2 Å². The second-order valence-corrected chi connectivity index (χ2v) is 6.55. The molecule has 4 rings (SSSR count). The van der Waals surface area contributed by atoms with Crippen molar-refractivity contribution in [3.63, 3.8) is 0 Å². The number of benzene rings is 2. The minimum Gasteiger partial charge on any atom is -0.497 e. The van der Waals surface area contributed by atoms with Crippen molar-refractivity contribution in [3.05, 3.63) is 60.2 Å². The minimum absolute atomic E-state index is 0.183. The highest BCUT2D eigenvalue weighted by Crippen LogP contribution is 2.37. The first-order valence-corrected chi connectivity index (χ1v) is 9.03. The molecule has 2 N–H and O–H groups in total. The lowest BCUT2D eigenvalue weighted by molar-refractivity contribution is 0.0905. The number of fused-ring (bicyclic) bond motifs is 1. The molecule has 1 amide bonds. The van der Waals surface area contributed by atoms with E-state index in [9.17, 15) is 9.59 Å². The number of methoxy groups -OCH3 is 1. The summed E-state index contributed by atoms with van der Waals surface area (Å²) in [4.78, 5) is 29.6. The lowest BCUT2D eigenvalue weighted by Gasteiger charge is -2.11. The van der Waals surface area contributed by atoms with Gasteiger partial charge in [0.25, 0.3) is 11.8 Å². The van der Waals surface area contributed by atoms with E-state index < -0.39 is 0 Å². The Labute approximate surface area is 167 Å². The van der Waals surface area contributed by atoms with Crippen LogP contribution in [0.4, 0.5) is 23.0 Å². The summed E-state index contributed by atoms with van der Waals surface area (Å²) in [6.45, 7) is 1.77. The van der Waals surface area contributed by atoms with Gasteiger partial charge in [0.15, 0.2) is 11.6 Å². The number of aliphatic imine (C=N–C) groups is 1. The highest BCUT2D eigenvalue weighted by atomic mass is 16.5. The number of aromatic nitrogens is 2. The van der Waals surface area contributed by atoms with Crippen LogP contribution < -0.4 is 15.4 Å². The Morgan fingerprint density at radius 3 is 2.52 bits per heavy atom. The number of nitrogens with one attached hydrogen (secondary N) is 2. The summed E-state index contributed by atoms with van der Waals surface area (Å²) >= 11 is 0. The van der Waals surface area contributed by atoms with Crippen molar-refractivity contribution in [1.29, 1.82) is 0 Å². The van der Waals surface area contributed by atoms with Gasteiger partial charge in [0.2, 0.25) is 0 Å². The maximum absolute atomic E-state index is 12.7. The molecule has 0 unspecified atom stereocenters. The van der Waals surface area contributed by atoms with Crippen LogP contribution in [-0.2, 0) is 0 Å². The summed E-state index contributed by atoms with van der Waals surface area (Å²) in [5.74, 6) is 0.837. The first-order valence-electron chi connectivity index (χ1n) is 9.03. The third kappa shape index (κ3) is 3.73. The van der Waals surface area contributed by atoms with E-state index in [2.05, 4.69) is 20.7 Å². The molecule has 29 heavy (non-hydrogen) atoms. The number of carbonyl (C=O) groups is 2. The molecular weight excluding hydrogens is 370 g/mol. The van der Waals surface area contributed by atoms with Crippen LogP contribution >= 0.6 is 0 Å². The van der Waals surface area contributed by atoms with Crippen molar-refractivity contribution in [2.75, 3.05) is 17.7 Å². The molecule has 1 aromatic heterocycles. The summed E-state index contributed by atoms with van der Waals surface area (Å²) in [5, 5.41) is 10.4. The number of nitrogens with zero attached hydrogens (tertiary/aromatic N) is 3. The Morgan fingerprint density at radius 2 is 1.83 bits per heavy atom. The van der Waals surface area contributed by atoms with E-state index in [1.165, 1.54) is 4.68 Å². The number of carbonyl (C=O) groups excluding carboxylic acids is 2. The van der Waals surface area contributed by atoms with Crippen LogP contribution in [0.5, 0.6) is 5.75 Å². The Hall–Kier alpha value is -3.94. The smallest absolute Gasteiger partial charge is 0.255 e. The fraction of sp³-hybridized carbons (Fsp3) is 0.143. The zero-order valence-electron chi connectivity index (χ0n) is 16.0. The van der Waals surface area contributed by atoms with Gasteiger partial charge < -0.3 is 15.4 Å². The highest BCUT2D eigenvalue weighted by Gasteiger charge is 2.27. The average molecular weight is 389 g/mol. The maximum Gasteiger partial charge on any atom is 0.255 e. The molecule has 1 aliphatic heterocycles. The Bertz CT molecular complexity index is 1100. The van der Waals surface area contributed by atoms with Gasteiger partial charge in [-0.05, 0) is 43.3 Å². The molecule has 1 aliphatic rings. The lowest BCUT2D eigenvalue weighted by atomic mass is 10.2.